The van der Waals surface area contributed by atoms with Crippen LogP contribution in [0.25, 0.3) is 12.2 Å². The van der Waals surface area contributed by atoms with Gasteiger partial charge in [-0.1, -0.05) is 127 Å². The smallest absolute Gasteiger partial charge is 0.124 e. The van der Waals surface area contributed by atoms with Crippen LogP contribution < -0.4 is 18.9 Å². The lowest BCUT2D eigenvalue weighted by Gasteiger charge is -2.13. The van der Waals surface area contributed by atoms with Crippen LogP contribution in [-0.4, -0.2) is 0 Å². The molecule has 0 N–H and O–H groups in total. The second-order valence-electron chi connectivity index (χ2n) is 10.9. The SMILES string of the molecule is C(=Cc1cc(OCc2ccc(OCc3ccccc3)cc2)cc(OCc2ccc(OCc3ccccc3)cc2)c1)c1ccccc1. The summed E-state index contributed by atoms with van der Waals surface area (Å²) in [7, 11) is 0. The predicted molar refractivity (Wildman–Crippen MR) is 185 cm³/mol. The highest BCUT2D eigenvalue weighted by Crippen LogP contribution is 2.27. The number of ether oxygens (including phenoxy) is 4. The Kier molecular flexibility index (Phi) is 10.4. The quantitative estimate of drug-likeness (QED) is 0.116. The molecular formula is C42H36O4. The molecule has 6 rings (SSSR count). The topological polar surface area (TPSA) is 36.9 Å². The summed E-state index contributed by atoms with van der Waals surface area (Å²) in [5.74, 6) is 3.12. The summed E-state index contributed by atoms with van der Waals surface area (Å²) in [6.45, 7) is 1.92. The molecule has 0 unspecified atom stereocenters. The highest BCUT2D eigenvalue weighted by atomic mass is 16.5. The van der Waals surface area contributed by atoms with Gasteiger partial charge in [0.25, 0.3) is 0 Å². The number of benzene rings is 6. The van der Waals surface area contributed by atoms with Gasteiger partial charge in [0.05, 0.1) is 0 Å². The summed E-state index contributed by atoms with van der Waals surface area (Å²) in [6, 6.07) is 52.6. The van der Waals surface area contributed by atoms with Crippen molar-refractivity contribution in [2.45, 2.75) is 26.4 Å². The molecule has 0 fully saturated rings. The van der Waals surface area contributed by atoms with Crippen molar-refractivity contribution in [1.29, 1.82) is 0 Å². The molecule has 0 saturated heterocycles. The van der Waals surface area contributed by atoms with Crippen molar-refractivity contribution < 1.29 is 18.9 Å². The minimum Gasteiger partial charge on any atom is -0.489 e. The van der Waals surface area contributed by atoms with E-state index < -0.39 is 0 Å². The van der Waals surface area contributed by atoms with Crippen LogP contribution in [0.2, 0.25) is 0 Å². The molecule has 0 spiro atoms. The van der Waals surface area contributed by atoms with E-state index in [-0.39, 0.29) is 0 Å². The van der Waals surface area contributed by atoms with Crippen molar-refractivity contribution in [3.05, 3.63) is 191 Å². The first-order chi connectivity index (χ1) is 22.7. The molecule has 6 aromatic rings. The number of rotatable bonds is 14. The molecule has 0 saturated carbocycles. The van der Waals surface area contributed by atoms with E-state index in [9.17, 15) is 0 Å². The summed E-state index contributed by atoms with van der Waals surface area (Å²) in [4.78, 5) is 0. The maximum absolute atomic E-state index is 6.25. The second kappa shape index (κ2) is 15.8. The predicted octanol–water partition coefficient (Wildman–Crippen LogP) is 10.2. The summed E-state index contributed by atoms with van der Waals surface area (Å²) < 4.78 is 24.4. The van der Waals surface area contributed by atoms with Gasteiger partial charge in [-0.3, -0.25) is 0 Å². The standard InChI is InChI=1S/C42H36O4/c1-4-10-33(11-5-1)16-17-38-26-41(45-31-36-18-22-39(23-19-36)43-29-34-12-6-2-7-13-34)28-42(27-38)46-32-37-20-24-40(25-21-37)44-30-35-14-8-3-9-15-35/h1-28H,29-32H2. The Bertz CT molecular complexity index is 1690. The van der Waals surface area contributed by atoms with Gasteiger partial charge in [0.2, 0.25) is 0 Å². The molecule has 0 heterocycles. The first kappa shape index (κ1) is 30.3. The van der Waals surface area contributed by atoms with Crippen LogP contribution in [0, 0.1) is 0 Å². The van der Waals surface area contributed by atoms with Crippen LogP contribution in [0.5, 0.6) is 23.0 Å². The Balaban J connectivity index is 1.09. The van der Waals surface area contributed by atoms with E-state index in [0.717, 1.165) is 56.4 Å². The Morgan fingerprint density at radius 3 is 1.09 bits per heavy atom. The van der Waals surface area contributed by atoms with E-state index in [2.05, 4.69) is 48.6 Å². The summed E-state index contributed by atoms with van der Waals surface area (Å²) >= 11 is 0. The highest BCUT2D eigenvalue weighted by molar-refractivity contribution is 5.71. The van der Waals surface area contributed by atoms with Gasteiger partial charge < -0.3 is 18.9 Å². The van der Waals surface area contributed by atoms with Crippen molar-refractivity contribution in [2.24, 2.45) is 0 Å². The Morgan fingerprint density at radius 1 is 0.304 bits per heavy atom. The number of hydrogen-bond donors (Lipinski definition) is 0. The first-order valence-electron chi connectivity index (χ1n) is 15.4. The fourth-order valence-electron chi connectivity index (χ4n) is 4.79. The van der Waals surface area contributed by atoms with E-state index in [1.807, 2.05) is 121 Å². The summed E-state index contributed by atoms with van der Waals surface area (Å²) in [5, 5.41) is 0. The molecular weight excluding hydrogens is 568 g/mol. The lowest BCUT2D eigenvalue weighted by molar-refractivity contribution is 0.288. The van der Waals surface area contributed by atoms with Gasteiger partial charge in [-0.25, -0.2) is 0 Å². The molecule has 4 nitrogen and oxygen atoms in total. The summed E-state index contributed by atoms with van der Waals surface area (Å²) in [6.07, 6.45) is 4.16. The van der Waals surface area contributed by atoms with Crippen LogP contribution in [-0.2, 0) is 26.4 Å². The van der Waals surface area contributed by atoms with Crippen molar-refractivity contribution in [3.63, 3.8) is 0 Å². The molecule has 0 aliphatic carbocycles. The van der Waals surface area contributed by atoms with Crippen LogP contribution >= 0.6 is 0 Å². The van der Waals surface area contributed by atoms with Gasteiger partial charge in [-0.2, -0.15) is 0 Å². The zero-order valence-electron chi connectivity index (χ0n) is 25.6. The van der Waals surface area contributed by atoms with Gasteiger partial charge in [-0.05, 0) is 69.8 Å². The maximum atomic E-state index is 6.25. The third-order valence-corrected chi connectivity index (χ3v) is 7.32. The molecule has 0 radical (unpaired) electrons. The van der Waals surface area contributed by atoms with Crippen LogP contribution in [0.15, 0.2) is 158 Å². The Morgan fingerprint density at radius 2 is 0.652 bits per heavy atom. The lowest BCUT2D eigenvalue weighted by atomic mass is 10.1. The van der Waals surface area contributed by atoms with Crippen molar-refractivity contribution in [2.75, 3.05) is 0 Å². The first-order valence-corrected chi connectivity index (χ1v) is 15.4. The molecule has 4 heteroatoms. The Hall–Kier alpha value is -5.74. The van der Waals surface area contributed by atoms with Crippen LogP contribution in [0.3, 0.4) is 0 Å². The molecule has 0 aromatic heterocycles. The third-order valence-electron chi connectivity index (χ3n) is 7.32. The van der Waals surface area contributed by atoms with E-state index in [1.54, 1.807) is 0 Å². The summed E-state index contributed by atoms with van der Waals surface area (Å²) in [5.41, 5.74) is 6.49. The average molecular weight is 605 g/mol. The molecule has 46 heavy (non-hydrogen) atoms. The van der Waals surface area contributed by atoms with Gasteiger partial charge in [-0.15, -0.1) is 0 Å². The minimum absolute atomic E-state index is 0.425. The van der Waals surface area contributed by atoms with Crippen LogP contribution in [0.1, 0.15) is 33.4 Å². The maximum Gasteiger partial charge on any atom is 0.124 e. The average Bonchev–Trinajstić information content (AvgIpc) is 3.13. The molecule has 0 aliphatic rings. The molecule has 0 atom stereocenters. The second-order valence-corrected chi connectivity index (χ2v) is 10.9. The molecule has 228 valence electrons. The largest absolute Gasteiger partial charge is 0.489 e. The van der Waals surface area contributed by atoms with E-state index in [1.165, 1.54) is 0 Å². The van der Waals surface area contributed by atoms with Gasteiger partial charge >= 0.3 is 0 Å². The molecule has 0 amide bonds. The van der Waals surface area contributed by atoms with Crippen molar-refractivity contribution in [3.8, 4) is 23.0 Å². The van der Waals surface area contributed by atoms with E-state index in [4.69, 9.17) is 18.9 Å². The van der Waals surface area contributed by atoms with Crippen molar-refractivity contribution in [1.82, 2.24) is 0 Å². The normalized spacial score (nSPS) is 10.9. The zero-order chi connectivity index (χ0) is 31.2. The van der Waals surface area contributed by atoms with Gasteiger partial charge in [0.15, 0.2) is 0 Å². The third kappa shape index (κ3) is 9.38. The van der Waals surface area contributed by atoms with E-state index >= 15 is 0 Å². The Labute approximate surface area is 271 Å². The number of hydrogen-bond acceptors (Lipinski definition) is 4. The van der Waals surface area contributed by atoms with Gasteiger partial charge in [0.1, 0.15) is 49.4 Å². The van der Waals surface area contributed by atoms with Gasteiger partial charge in [0, 0.05) is 6.07 Å². The fourth-order valence-corrected chi connectivity index (χ4v) is 4.79. The highest BCUT2D eigenvalue weighted by Gasteiger charge is 2.06. The molecule has 6 aromatic carbocycles. The monoisotopic (exact) mass is 604 g/mol. The van der Waals surface area contributed by atoms with Crippen molar-refractivity contribution >= 4 is 12.2 Å². The zero-order valence-corrected chi connectivity index (χ0v) is 25.6. The lowest BCUT2D eigenvalue weighted by Crippen LogP contribution is -1.99. The van der Waals surface area contributed by atoms with E-state index in [0.29, 0.717) is 26.4 Å². The molecule has 0 aliphatic heterocycles. The fraction of sp³-hybridized carbons (Fsp3) is 0.0952. The van der Waals surface area contributed by atoms with Crippen LogP contribution in [0.4, 0.5) is 0 Å². The minimum atomic E-state index is 0.425. The molecule has 0 bridgehead atoms.